The molecular formula is C16H25N3O2. The molecule has 2 heterocycles. The van der Waals surface area contributed by atoms with E-state index < -0.39 is 0 Å². The van der Waals surface area contributed by atoms with Crippen molar-refractivity contribution >= 4 is 5.91 Å². The maximum Gasteiger partial charge on any atom is 0.237 e. The number of nitrogens with one attached hydrogen (secondary N) is 2. The highest BCUT2D eigenvalue weighted by molar-refractivity contribution is 5.82. The van der Waals surface area contributed by atoms with Crippen LogP contribution in [0.4, 0.5) is 0 Å². The van der Waals surface area contributed by atoms with Gasteiger partial charge in [-0.1, -0.05) is 0 Å². The van der Waals surface area contributed by atoms with Crippen molar-refractivity contribution in [3.63, 3.8) is 0 Å². The van der Waals surface area contributed by atoms with Gasteiger partial charge in [0.2, 0.25) is 5.91 Å². The fourth-order valence-electron chi connectivity index (χ4n) is 2.38. The van der Waals surface area contributed by atoms with Gasteiger partial charge in [0.1, 0.15) is 0 Å². The third-order valence-corrected chi connectivity index (χ3v) is 3.41. The second kappa shape index (κ2) is 7.00. The van der Waals surface area contributed by atoms with Crippen molar-refractivity contribution in [1.29, 1.82) is 0 Å². The summed E-state index contributed by atoms with van der Waals surface area (Å²) in [6, 6.07) is 3.73. The van der Waals surface area contributed by atoms with Crippen LogP contribution in [-0.4, -0.2) is 35.1 Å². The summed E-state index contributed by atoms with van der Waals surface area (Å²) in [5.74, 6) is 0.0553. The SMILES string of the molecule is CC(C)(C)NC(=O)[C@@H]1C[C@H](OCc2ccncc2)CCN1. The van der Waals surface area contributed by atoms with Gasteiger partial charge in [-0.3, -0.25) is 9.78 Å². The molecule has 2 atom stereocenters. The van der Waals surface area contributed by atoms with Crippen LogP contribution >= 0.6 is 0 Å². The maximum absolute atomic E-state index is 12.2. The van der Waals surface area contributed by atoms with Gasteiger partial charge in [0, 0.05) is 17.9 Å². The third kappa shape index (κ3) is 5.44. The highest BCUT2D eigenvalue weighted by Crippen LogP contribution is 2.15. The topological polar surface area (TPSA) is 63.2 Å². The highest BCUT2D eigenvalue weighted by atomic mass is 16.5. The Morgan fingerprint density at radius 3 is 2.81 bits per heavy atom. The van der Waals surface area contributed by atoms with Gasteiger partial charge in [0.25, 0.3) is 0 Å². The van der Waals surface area contributed by atoms with Gasteiger partial charge in [0.15, 0.2) is 0 Å². The Balaban J connectivity index is 1.82. The Morgan fingerprint density at radius 2 is 2.14 bits per heavy atom. The molecule has 2 N–H and O–H groups in total. The summed E-state index contributed by atoms with van der Waals surface area (Å²) in [6.45, 7) is 7.35. The Kier molecular flexibility index (Phi) is 5.31. The average molecular weight is 291 g/mol. The van der Waals surface area contributed by atoms with Crippen molar-refractivity contribution in [3.05, 3.63) is 30.1 Å². The van der Waals surface area contributed by atoms with E-state index >= 15 is 0 Å². The lowest BCUT2D eigenvalue weighted by Crippen LogP contribution is -2.54. The van der Waals surface area contributed by atoms with Gasteiger partial charge in [-0.15, -0.1) is 0 Å². The summed E-state index contributed by atoms with van der Waals surface area (Å²) in [5, 5.41) is 6.29. The van der Waals surface area contributed by atoms with E-state index in [1.807, 2.05) is 32.9 Å². The lowest BCUT2D eigenvalue weighted by atomic mass is 9.99. The monoisotopic (exact) mass is 291 g/mol. The molecule has 0 aromatic carbocycles. The van der Waals surface area contributed by atoms with E-state index in [-0.39, 0.29) is 23.6 Å². The molecule has 0 radical (unpaired) electrons. The molecule has 21 heavy (non-hydrogen) atoms. The predicted octanol–water partition coefficient (Wildman–Crippen LogP) is 1.63. The van der Waals surface area contributed by atoms with Crippen LogP contribution in [0.2, 0.25) is 0 Å². The first-order chi connectivity index (χ1) is 9.94. The molecule has 5 nitrogen and oxygen atoms in total. The number of nitrogens with zero attached hydrogens (tertiary/aromatic N) is 1. The van der Waals surface area contributed by atoms with E-state index in [1.165, 1.54) is 0 Å². The summed E-state index contributed by atoms with van der Waals surface area (Å²) in [7, 11) is 0. The number of pyridine rings is 1. The van der Waals surface area contributed by atoms with Crippen LogP contribution in [0.5, 0.6) is 0 Å². The van der Waals surface area contributed by atoms with Crippen LogP contribution in [0.25, 0.3) is 0 Å². The molecule has 1 aliphatic rings. The van der Waals surface area contributed by atoms with Gasteiger partial charge in [-0.2, -0.15) is 0 Å². The van der Waals surface area contributed by atoms with E-state index in [2.05, 4.69) is 15.6 Å². The molecule has 5 heteroatoms. The highest BCUT2D eigenvalue weighted by Gasteiger charge is 2.29. The van der Waals surface area contributed by atoms with Crippen molar-refractivity contribution < 1.29 is 9.53 Å². The molecule has 1 fully saturated rings. The fraction of sp³-hybridized carbons (Fsp3) is 0.625. The smallest absolute Gasteiger partial charge is 0.237 e. The van der Waals surface area contributed by atoms with Gasteiger partial charge < -0.3 is 15.4 Å². The van der Waals surface area contributed by atoms with Crippen LogP contribution in [0.15, 0.2) is 24.5 Å². The van der Waals surface area contributed by atoms with Gasteiger partial charge in [-0.05, 0) is 57.9 Å². The molecule has 1 amide bonds. The number of aromatic nitrogens is 1. The largest absolute Gasteiger partial charge is 0.373 e. The van der Waals surface area contributed by atoms with Crippen LogP contribution < -0.4 is 10.6 Å². The van der Waals surface area contributed by atoms with Crippen LogP contribution in [0.1, 0.15) is 39.2 Å². The zero-order chi connectivity index (χ0) is 15.3. The van der Waals surface area contributed by atoms with E-state index in [4.69, 9.17) is 4.74 Å². The van der Waals surface area contributed by atoms with E-state index in [9.17, 15) is 4.79 Å². The quantitative estimate of drug-likeness (QED) is 0.885. The summed E-state index contributed by atoms with van der Waals surface area (Å²) in [4.78, 5) is 16.2. The first kappa shape index (κ1) is 15.9. The summed E-state index contributed by atoms with van der Waals surface area (Å²) < 4.78 is 5.93. The predicted molar refractivity (Wildman–Crippen MR) is 81.7 cm³/mol. The average Bonchev–Trinajstić information content (AvgIpc) is 2.45. The molecular weight excluding hydrogens is 266 g/mol. The number of amides is 1. The molecule has 0 spiro atoms. The lowest BCUT2D eigenvalue weighted by molar-refractivity contribution is -0.126. The summed E-state index contributed by atoms with van der Waals surface area (Å²) in [5.41, 5.74) is 0.906. The van der Waals surface area contributed by atoms with Crippen molar-refractivity contribution in [2.45, 2.75) is 57.9 Å². The molecule has 0 bridgehead atoms. The van der Waals surface area contributed by atoms with Crippen molar-refractivity contribution in [1.82, 2.24) is 15.6 Å². The zero-order valence-electron chi connectivity index (χ0n) is 13.1. The van der Waals surface area contributed by atoms with E-state index in [0.29, 0.717) is 13.0 Å². The number of hydrogen-bond acceptors (Lipinski definition) is 4. The van der Waals surface area contributed by atoms with Gasteiger partial charge >= 0.3 is 0 Å². The molecule has 0 unspecified atom stereocenters. The number of carbonyl (C=O) groups is 1. The minimum absolute atomic E-state index is 0.0553. The standard InChI is InChI=1S/C16H25N3O2/c1-16(2,3)19-15(20)14-10-13(6-9-18-14)21-11-12-4-7-17-8-5-12/h4-5,7-8,13-14,18H,6,9-11H2,1-3H3,(H,19,20)/t13-,14+/m1/s1. The molecule has 2 rings (SSSR count). The van der Waals surface area contributed by atoms with Gasteiger partial charge in [0.05, 0.1) is 18.8 Å². The summed E-state index contributed by atoms with van der Waals surface area (Å²) in [6.07, 6.45) is 5.30. The minimum atomic E-state index is -0.205. The summed E-state index contributed by atoms with van der Waals surface area (Å²) >= 11 is 0. The first-order valence-corrected chi connectivity index (χ1v) is 7.50. The molecule has 1 aromatic heterocycles. The van der Waals surface area contributed by atoms with Crippen LogP contribution in [-0.2, 0) is 16.1 Å². The van der Waals surface area contributed by atoms with Crippen molar-refractivity contribution in [2.75, 3.05) is 6.54 Å². The zero-order valence-corrected chi connectivity index (χ0v) is 13.1. The Bertz CT molecular complexity index is 456. The number of rotatable bonds is 4. The van der Waals surface area contributed by atoms with Crippen LogP contribution in [0, 0.1) is 0 Å². The van der Waals surface area contributed by atoms with E-state index in [1.54, 1.807) is 12.4 Å². The number of carbonyl (C=O) groups excluding carboxylic acids is 1. The van der Waals surface area contributed by atoms with Crippen molar-refractivity contribution in [2.24, 2.45) is 0 Å². The van der Waals surface area contributed by atoms with Crippen molar-refractivity contribution in [3.8, 4) is 0 Å². The second-order valence-electron chi connectivity index (χ2n) is 6.56. The maximum atomic E-state index is 12.2. The number of piperidine rings is 1. The Labute approximate surface area is 126 Å². The minimum Gasteiger partial charge on any atom is -0.373 e. The first-order valence-electron chi connectivity index (χ1n) is 7.50. The second-order valence-corrected chi connectivity index (χ2v) is 6.56. The number of hydrogen-bond donors (Lipinski definition) is 2. The number of ether oxygens (including phenoxy) is 1. The molecule has 116 valence electrons. The van der Waals surface area contributed by atoms with E-state index in [0.717, 1.165) is 18.5 Å². The molecule has 1 aliphatic heterocycles. The molecule has 0 saturated carbocycles. The fourth-order valence-corrected chi connectivity index (χ4v) is 2.38. The Hall–Kier alpha value is -1.46. The Morgan fingerprint density at radius 1 is 1.43 bits per heavy atom. The molecule has 1 saturated heterocycles. The van der Waals surface area contributed by atoms with Gasteiger partial charge in [-0.25, -0.2) is 0 Å². The molecule has 1 aromatic rings. The van der Waals surface area contributed by atoms with Crippen LogP contribution in [0.3, 0.4) is 0 Å². The molecule has 0 aliphatic carbocycles. The lowest BCUT2D eigenvalue weighted by Gasteiger charge is -2.32. The normalized spacial score (nSPS) is 22.8. The third-order valence-electron chi connectivity index (χ3n) is 3.41.